The Morgan fingerprint density at radius 2 is 2.23 bits per heavy atom. The molecule has 13 heavy (non-hydrogen) atoms. The van der Waals surface area contributed by atoms with Gasteiger partial charge in [0.2, 0.25) is 10.0 Å². The molecular formula is C7H13N3O2S. The van der Waals surface area contributed by atoms with Crippen molar-refractivity contribution in [3.63, 3.8) is 0 Å². The molecule has 0 spiro atoms. The maximum Gasteiger partial charge on any atom is 0.211 e. The molecule has 0 saturated heterocycles. The fourth-order valence-electron chi connectivity index (χ4n) is 0.865. The molecule has 0 saturated carbocycles. The van der Waals surface area contributed by atoms with Gasteiger partial charge in [0.1, 0.15) is 5.82 Å². The van der Waals surface area contributed by atoms with Crippen molar-refractivity contribution in [2.24, 2.45) is 7.05 Å². The molecule has 0 aliphatic heterocycles. The van der Waals surface area contributed by atoms with Crippen molar-refractivity contribution in [1.82, 2.24) is 13.9 Å². The van der Waals surface area contributed by atoms with Gasteiger partial charge in [0.25, 0.3) is 0 Å². The van der Waals surface area contributed by atoms with Gasteiger partial charge in [-0.2, -0.15) is 4.31 Å². The first-order chi connectivity index (χ1) is 5.91. The van der Waals surface area contributed by atoms with E-state index in [0.717, 1.165) is 5.82 Å². The lowest BCUT2D eigenvalue weighted by atomic mass is 10.6. The van der Waals surface area contributed by atoms with E-state index in [1.807, 2.05) is 7.05 Å². The van der Waals surface area contributed by atoms with E-state index in [4.69, 9.17) is 0 Å². The number of rotatable bonds is 3. The smallest absolute Gasteiger partial charge is 0.211 e. The Kier molecular flexibility index (Phi) is 2.72. The van der Waals surface area contributed by atoms with Crippen LogP contribution in [0.15, 0.2) is 12.4 Å². The van der Waals surface area contributed by atoms with Crippen LogP contribution in [0.2, 0.25) is 0 Å². The Bertz CT molecular complexity index is 382. The minimum atomic E-state index is -3.12. The van der Waals surface area contributed by atoms with Gasteiger partial charge in [-0.05, 0) is 0 Å². The molecule has 0 unspecified atom stereocenters. The van der Waals surface area contributed by atoms with Crippen LogP contribution in [0.4, 0.5) is 0 Å². The van der Waals surface area contributed by atoms with Crippen LogP contribution in [0.25, 0.3) is 0 Å². The quantitative estimate of drug-likeness (QED) is 0.684. The number of aryl methyl sites for hydroxylation is 1. The lowest BCUT2D eigenvalue weighted by molar-refractivity contribution is 0.456. The fourth-order valence-corrected chi connectivity index (χ4v) is 1.22. The van der Waals surface area contributed by atoms with Crippen LogP contribution >= 0.6 is 0 Å². The van der Waals surface area contributed by atoms with Crippen LogP contribution in [0.1, 0.15) is 5.82 Å². The summed E-state index contributed by atoms with van der Waals surface area (Å²) in [6.07, 6.45) is 4.60. The standard InChI is InChI=1S/C7H13N3O2S/c1-9-5-4-8-7(9)6-10(2)13(3,11)12/h4-5H,6H2,1-3H3. The number of hydrogen-bond donors (Lipinski definition) is 0. The first-order valence-corrected chi connectivity index (χ1v) is 5.63. The van der Waals surface area contributed by atoms with Gasteiger partial charge < -0.3 is 4.57 Å². The molecule has 1 rings (SSSR count). The van der Waals surface area contributed by atoms with E-state index >= 15 is 0 Å². The predicted molar refractivity (Wildman–Crippen MR) is 49.5 cm³/mol. The first kappa shape index (κ1) is 10.2. The maximum atomic E-state index is 11.1. The molecule has 1 heterocycles. The summed E-state index contributed by atoms with van der Waals surface area (Å²) in [4.78, 5) is 4.03. The van der Waals surface area contributed by atoms with Crippen molar-refractivity contribution in [2.45, 2.75) is 6.54 Å². The summed E-state index contributed by atoms with van der Waals surface area (Å²) in [5.74, 6) is 0.730. The zero-order valence-electron chi connectivity index (χ0n) is 7.93. The second kappa shape index (κ2) is 3.47. The van der Waals surface area contributed by atoms with Gasteiger partial charge in [0, 0.05) is 26.5 Å². The van der Waals surface area contributed by atoms with E-state index in [1.165, 1.54) is 17.6 Å². The minimum Gasteiger partial charge on any atom is -0.337 e. The van der Waals surface area contributed by atoms with E-state index < -0.39 is 10.0 Å². The third kappa shape index (κ3) is 2.53. The first-order valence-electron chi connectivity index (χ1n) is 3.79. The summed E-state index contributed by atoms with van der Waals surface area (Å²) in [6, 6.07) is 0. The largest absolute Gasteiger partial charge is 0.337 e. The molecule has 5 nitrogen and oxygen atoms in total. The van der Waals surface area contributed by atoms with Crippen LogP contribution in [0.3, 0.4) is 0 Å². The van der Waals surface area contributed by atoms with Crippen LogP contribution in [0, 0.1) is 0 Å². The number of nitrogens with zero attached hydrogens (tertiary/aromatic N) is 3. The molecule has 0 aromatic carbocycles. The molecule has 0 bridgehead atoms. The second-order valence-corrected chi connectivity index (χ2v) is 5.06. The van der Waals surface area contributed by atoms with Crippen molar-refractivity contribution in [3.8, 4) is 0 Å². The lowest BCUT2D eigenvalue weighted by Crippen LogP contribution is -2.26. The Hall–Kier alpha value is -0.880. The minimum absolute atomic E-state index is 0.308. The van der Waals surface area contributed by atoms with Gasteiger partial charge in [-0.3, -0.25) is 0 Å². The highest BCUT2D eigenvalue weighted by molar-refractivity contribution is 7.88. The van der Waals surface area contributed by atoms with Crippen LogP contribution < -0.4 is 0 Å². The highest BCUT2D eigenvalue weighted by Crippen LogP contribution is 2.02. The number of sulfonamides is 1. The molecule has 0 fully saturated rings. The van der Waals surface area contributed by atoms with Gasteiger partial charge in [0.05, 0.1) is 12.8 Å². The van der Waals surface area contributed by atoms with E-state index in [2.05, 4.69) is 4.98 Å². The highest BCUT2D eigenvalue weighted by Gasteiger charge is 2.12. The van der Waals surface area contributed by atoms with Crippen molar-refractivity contribution < 1.29 is 8.42 Å². The number of imidazole rings is 1. The zero-order valence-corrected chi connectivity index (χ0v) is 8.74. The fraction of sp³-hybridized carbons (Fsp3) is 0.571. The van der Waals surface area contributed by atoms with Crippen LogP contribution in [-0.2, 0) is 23.6 Å². The molecule has 0 N–H and O–H groups in total. The SMILES string of the molecule is CN(Cc1nccn1C)S(C)(=O)=O. The summed E-state index contributed by atoms with van der Waals surface area (Å²) in [5, 5.41) is 0. The van der Waals surface area contributed by atoms with E-state index in [-0.39, 0.29) is 0 Å². The third-order valence-electron chi connectivity index (χ3n) is 1.85. The third-order valence-corrected chi connectivity index (χ3v) is 3.11. The Morgan fingerprint density at radius 1 is 1.62 bits per heavy atom. The van der Waals surface area contributed by atoms with Crippen molar-refractivity contribution in [2.75, 3.05) is 13.3 Å². The Balaban J connectivity index is 2.77. The summed E-state index contributed by atoms with van der Waals surface area (Å²) in [7, 11) is 0.248. The topological polar surface area (TPSA) is 55.2 Å². The molecule has 74 valence electrons. The van der Waals surface area contributed by atoms with Crippen LogP contribution in [0.5, 0.6) is 0 Å². The van der Waals surface area contributed by atoms with Crippen LogP contribution in [-0.4, -0.2) is 35.6 Å². The Labute approximate surface area is 78.1 Å². The highest BCUT2D eigenvalue weighted by atomic mass is 32.2. The summed E-state index contributed by atoms with van der Waals surface area (Å²) in [5.41, 5.74) is 0. The van der Waals surface area contributed by atoms with E-state index in [9.17, 15) is 8.42 Å². The number of aromatic nitrogens is 2. The molecule has 6 heteroatoms. The normalized spacial score (nSPS) is 12.3. The van der Waals surface area contributed by atoms with Gasteiger partial charge >= 0.3 is 0 Å². The maximum absolute atomic E-state index is 11.1. The van der Waals surface area contributed by atoms with Gasteiger partial charge in [-0.15, -0.1) is 0 Å². The summed E-state index contributed by atoms with van der Waals surface area (Å²) in [6.45, 7) is 0.308. The van der Waals surface area contributed by atoms with Gasteiger partial charge in [-0.1, -0.05) is 0 Å². The summed E-state index contributed by atoms with van der Waals surface area (Å²) < 4.78 is 25.2. The molecule has 0 amide bonds. The van der Waals surface area contributed by atoms with Crippen molar-refractivity contribution >= 4 is 10.0 Å². The molecule has 0 aliphatic carbocycles. The monoisotopic (exact) mass is 203 g/mol. The van der Waals surface area contributed by atoms with Gasteiger partial charge in [0.15, 0.2) is 0 Å². The van der Waals surface area contributed by atoms with E-state index in [1.54, 1.807) is 17.0 Å². The molecule has 1 aromatic heterocycles. The molecular weight excluding hydrogens is 190 g/mol. The van der Waals surface area contributed by atoms with E-state index in [0.29, 0.717) is 6.54 Å². The molecule has 0 aliphatic rings. The zero-order chi connectivity index (χ0) is 10.1. The average molecular weight is 203 g/mol. The second-order valence-electron chi connectivity index (χ2n) is 2.97. The van der Waals surface area contributed by atoms with Crippen molar-refractivity contribution in [1.29, 1.82) is 0 Å². The summed E-state index contributed by atoms with van der Waals surface area (Å²) >= 11 is 0. The molecule has 0 atom stereocenters. The number of hydrogen-bond acceptors (Lipinski definition) is 3. The molecule has 0 radical (unpaired) electrons. The average Bonchev–Trinajstić information content (AvgIpc) is 2.34. The predicted octanol–water partition coefficient (Wildman–Crippen LogP) is -0.188. The van der Waals surface area contributed by atoms with Crippen molar-refractivity contribution in [3.05, 3.63) is 18.2 Å². The van der Waals surface area contributed by atoms with Gasteiger partial charge in [-0.25, -0.2) is 13.4 Å². The lowest BCUT2D eigenvalue weighted by Gasteiger charge is -2.13. The molecule has 1 aromatic rings. The Morgan fingerprint density at radius 3 is 2.62 bits per heavy atom.